The molecule has 6 heavy (non-hydrogen) atoms. The third-order valence-corrected chi connectivity index (χ3v) is 2.13. The third-order valence-electron chi connectivity index (χ3n) is 0.712. The van der Waals surface area contributed by atoms with Crippen LogP contribution in [0.2, 0.25) is 0 Å². The summed E-state index contributed by atoms with van der Waals surface area (Å²) in [4.78, 5) is 1.99. The van der Waals surface area contributed by atoms with E-state index in [1.54, 1.807) is 0 Å². The SMILES string of the molecule is CN(C)C([SiH3])Cl. The van der Waals surface area contributed by atoms with Crippen LogP contribution in [0.1, 0.15) is 0 Å². The summed E-state index contributed by atoms with van der Waals surface area (Å²) in [5.74, 6) is 0. The summed E-state index contributed by atoms with van der Waals surface area (Å²) >= 11 is 5.60. The molecule has 0 rings (SSSR count). The van der Waals surface area contributed by atoms with Gasteiger partial charge < -0.3 is 0 Å². The fraction of sp³-hybridized carbons (Fsp3) is 1.00. The molecule has 0 saturated heterocycles. The summed E-state index contributed by atoms with van der Waals surface area (Å²) in [5.41, 5.74) is 0. The molecule has 1 atom stereocenters. The molecule has 38 valence electrons. The van der Waals surface area contributed by atoms with Crippen molar-refractivity contribution in [3.05, 3.63) is 0 Å². The van der Waals surface area contributed by atoms with Crippen LogP contribution in [0.5, 0.6) is 0 Å². The van der Waals surface area contributed by atoms with Crippen LogP contribution in [0.3, 0.4) is 0 Å². The molecule has 0 aromatic rings. The first-order chi connectivity index (χ1) is 2.64. The Morgan fingerprint density at radius 2 is 1.83 bits per heavy atom. The van der Waals surface area contributed by atoms with E-state index < -0.39 is 0 Å². The van der Waals surface area contributed by atoms with E-state index >= 15 is 0 Å². The molecule has 0 fully saturated rings. The normalized spacial score (nSPS) is 16.0. The minimum absolute atomic E-state index is 0.296. The highest BCUT2D eigenvalue weighted by Crippen LogP contribution is 1.88. The standard InChI is InChI=1S/C3H10ClNSi/c1-5(2)3(4)6/h3H,1-2,6H3. The van der Waals surface area contributed by atoms with Crippen molar-refractivity contribution in [2.45, 2.75) is 5.12 Å². The van der Waals surface area contributed by atoms with Gasteiger partial charge in [0.25, 0.3) is 0 Å². The van der Waals surface area contributed by atoms with Crippen LogP contribution in [-0.2, 0) is 0 Å². The van der Waals surface area contributed by atoms with Gasteiger partial charge in [-0.2, -0.15) is 0 Å². The van der Waals surface area contributed by atoms with Crippen molar-refractivity contribution in [2.75, 3.05) is 14.1 Å². The summed E-state index contributed by atoms with van der Waals surface area (Å²) in [6.45, 7) is 0. The van der Waals surface area contributed by atoms with Crippen LogP contribution in [-0.4, -0.2) is 34.4 Å². The predicted molar refractivity (Wildman–Crippen MR) is 33.3 cm³/mol. The number of hydrogen-bond donors (Lipinski definition) is 0. The molecule has 0 spiro atoms. The molecule has 1 unspecified atom stereocenters. The van der Waals surface area contributed by atoms with Crippen molar-refractivity contribution >= 4 is 21.8 Å². The number of alkyl halides is 1. The maximum absolute atomic E-state index is 5.60. The molecule has 0 aliphatic heterocycles. The molecule has 0 aromatic carbocycles. The number of hydrogen-bond acceptors (Lipinski definition) is 1. The molecule has 0 radical (unpaired) electrons. The molecule has 1 nitrogen and oxygen atoms in total. The van der Waals surface area contributed by atoms with E-state index in [9.17, 15) is 0 Å². The van der Waals surface area contributed by atoms with Crippen LogP contribution < -0.4 is 0 Å². The molecule has 0 aliphatic rings. The van der Waals surface area contributed by atoms with Crippen LogP contribution in [0.4, 0.5) is 0 Å². The van der Waals surface area contributed by atoms with Gasteiger partial charge in [-0.05, 0) is 14.1 Å². The number of halogens is 1. The van der Waals surface area contributed by atoms with Crippen molar-refractivity contribution in [1.82, 2.24) is 4.90 Å². The van der Waals surface area contributed by atoms with Gasteiger partial charge in [-0.25, -0.2) is 0 Å². The minimum atomic E-state index is 0.296. The van der Waals surface area contributed by atoms with E-state index in [1.165, 1.54) is 0 Å². The first-order valence-electron chi connectivity index (χ1n) is 1.95. The first-order valence-corrected chi connectivity index (χ1v) is 3.54. The van der Waals surface area contributed by atoms with Gasteiger partial charge in [0, 0.05) is 10.2 Å². The van der Waals surface area contributed by atoms with E-state index in [2.05, 4.69) is 0 Å². The van der Waals surface area contributed by atoms with Crippen molar-refractivity contribution in [1.29, 1.82) is 0 Å². The van der Waals surface area contributed by atoms with Gasteiger partial charge in [0.05, 0.1) is 5.12 Å². The summed E-state index contributed by atoms with van der Waals surface area (Å²) in [5, 5.41) is 0.296. The Kier molecular flexibility index (Phi) is 2.81. The fourth-order valence-corrected chi connectivity index (χ4v) is 0. The predicted octanol–water partition coefficient (Wildman–Crippen LogP) is -0.564. The summed E-state index contributed by atoms with van der Waals surface area (Å²) in [6.07, 6.45) is 0. The van der Waals surface area contributed by atoms with Crippen LogP contribution >= 0.6 is 11.6 Å². The third kappa shape index (κ3) is 2.69. The fourth-order valence-electron chi connectivity index (χ4n) is 0. The summed E-state index contributed by atoms with van der Waals surface area (Å²) < 4.78 is 0. The van der Waals surface area contributed by atoms with Gasteiger partial charge in [-0.3, -0.25) is 4.90 Å². The summed E-state index contributed by atoms with van der Waals surface area (Å²) in [6, 6.07) is 0. The van der Waals surface area contributed by atoms with Crippen LogP contribution in [0.15, 0.2) is 0 Å². The Morgan fingerprint density at radius 1 is 1.67 bits per heavy atom. The van der Waals surface area contributed by atoms with Gasteiger partial charge in [-0.1, -0.05) is 0 Å². The Morgan fingerprint density at radius 3 is 1.83 bits per heavy atom. The van der Waals surface area contributed by atoms with E-state index in [4.69, 9.17) is 11.6 Å². The quantitative estimate of drug-likeness (QED) is 0.257. The second-order valence-electron chi connectivity index (χ2n) is 1.54. The topological polar surface area (TPSA) is 3.24 Å². The second-order valence-corrected chi connectivity index (χ2v) is 3.99. The lowest BCUT2D eigenvalue weighted by Gasteiger charge is -2.10. The lowest BCUT2D eigenvalue weighted by molar-refractivity contribution is 0.449. The van der Waals surface area contributed by atoms with Crippen molar-refractivity contribution < 1.29 is 0 Å². The maximum atomic E-state index is 5.60. The molecular weight excluding hydrogens is 114 g/mol. The van der Waals surface area contributed by atoms with E-state index in [-0.39, 0.29) is 0 Å². The molecule has 3 heteroatoms. The Bertz CT molecular complexity index is 31.8. The smallest absolute Gasteiger partial charge is 0.0640 e. The average Bonchev–Trinajstić information content (AvgIpc) is 1.36. The maximum Gasteiger partial charge on any atom is 0.0640 e. The first kappa shape index (κ1) is 6.47. The zero-order valence-electron chi connectivity index (χ0n) is 4.40. The highest BCUT2D eigenvalue weighted by molar-refractivity contribution is 6.39. The Balaban J connectivity index is 2.99. The van der Waals surface area contributed by atoms with Crippen molar-refractivity contribution in [2.24, 2.45) is 0 Å². The van der Waals surface area contributed by atoms with Crippen molar-refractivity contribution in [3.8, 4) is 0 Å². The zero-order chi connectivity index (χ0) is 5.15. The van der Waals surface area contributed by atoms with E-state index in [0.717, 1.165) is 10.2 Å². The van der Waals surface area contributed by atoms with Crippen LogP contribution in [0, 0.1) is 0 Å². The minimum Gasteiger partial charge on any atom is -0.297 e. The molecule has 0 heterocycles. The lowest BCUT2D eigenvalue weighted by Crippen LogP contribution is -2.21. The lowest BCUT2D eigenvalue weighted by atomic mass is 11.0. The van der Waals surface area contributed by atoms with E-state index in [0.29, 0.717) is 5.12 Å². The van der Waals surface area contributed by atoms with Gasteiger partial charge in [0.2, 0.25) is 0 Å². The number of nitrogens with zero attached hydrogens (tertiary/aromatic N) is 1. The van der Waals surface area contributed by atoms with Gasteiger partial charge in [0.15, 0.2) is 0 Å². The molecule has 0 saturated carbocycles. The Labute approximate surface area is 46.7 Å². The highest BCUT2D eigenvalue weighted by Gasteiger charge is 1.93. The monoisotopic (exact) mass is 123 g/mol. The summed E-state index contributed by atoms with van der Waals surface area (Å²) in [7, 11) is 5.00. The number of rotatable bonds is 1. The molecule has 0 N–H and O–H groups in total. The zero-order valence-corrected chi connectivity index (χ0v) is 7.16. The van der Waals surface area contributed by atoms with E-state index in [1.807, 2.05) is 19.0 Å². The van der Waals surface area contributed by atoms with Crippen LogP contribution in [0.25, 0.3) is 0 Å². The molecule has 0 aromatic heterocycles. The largest absolute Gasteiger partial charge is 0.297 e. The van der Waals surface area contributed by atoms with Gasteiger partial charge in [-0.15, -0.1) is 11.6 Å². The molecule has 0 bridgehead atoms. The second kappa shape index (κ2) is 2.61. The Hall–Kier alpha value is 0.467. The highest BCUT2D eigenvalue weighted by atomic mass is 35.5. The molecule has 0 aliphatic carbocycles. The van der Waals surface area contributed by atoms with Gasteiger partial charge >= 0.3 is 0 Å². The average molecular weight is 124 g/mol. The van der Waals surface area contributed by atoms with Gasteiger partial charge in [0.1, 0.15) is 0 Å². The molecule has 0 amide bonds. The van der Waals surface area contributed by atoms with Crippen molar-refractivity contribution in [3.63, 3.8) is 0 Å². The molecular formula is C3H10ClNSi.